The summed E-state index contributed by atoms with van der Waals surface area (Å²) in [5.41, 5.74) is 2.49. The molecule has 1 N–H and O–H groups in total. The van der Waals surface area contributed by atoms with E-state index in [0.717, 1.165) is 25.4 Å². The van der Waals surface area contributed by atoms with Crippen LogP contribution in [0.4, 0.5) is 0 Å². The van der Waals surface area contributed by atoms with Gasteiger partial charge in [-0.25, -0.2) is 0 Å². The normalized spacial score (nSPS) is 10.8. The molecular formula is C14H23NO. The molecule has 2 nitrogen and oxygen atoms in total. The molecule has 0 fully saturated rings. The van der Waals surface area contributed by atoms with Crippen LogP contribution in [0.1, 0.15) is 31.9 Å². The van der Waals surface area contributed by atoms with Gasteiger partial charge in [-0.2, -0.15) is 0 Å². The fourth-order valence-electron chi connectivity index (χ4n) is 1.59. The van der Waals surface area contributed by atoms with Crippen molar-refractivity contribution in [3.05, 3.63) is 29.3 Å². The summed E-state index contributed by atoms with van der Waals surface area (Å²) >= 11 is 0. The Hall–Kier alpha value is -1.02. The van der Waals surface area contributed by atoms with Gasteiger partial charge in [-0.15, -0.1) is 0 Å². The maximum atomic E-state index is 5.64. The van der Waals surface area contributed by atoms with Crippen molar-refractivity contribution >= 4 is 0 Å². The summed E-state index contributed by atoms with van der Waals surface area (Å²) in [7, 11) is 0. The van der Waals surface area contributed by atoms with Gasteiger partial charge in [0.15, 0.2) is 0 Å². The van der Waals surface area contributed by atoms with Gasteiger partial charge in [-0.1, -0.05) is 26.0 Å². The third kappa shape index (κ3) is 4.23. The Labute approximate surface area is 99.0 Å². The molecule has 2 heteroatoms. The molecule has 0 heterocycles. The third-order valence-electron chi connectivity index (χ3n) is 2.39. The van der Waals surface area contributed by atoms with Crippen molar-refractivity contribution in [2.75, 3.05) is 13.2 Å². The van der Waals surface area contributed by atoms with E-state index in [1.54, 1.807) is 0 Å². The predicted molar refractivity (Wildman–Crippen MR) is 68.9 cm³/mol. The fourth-order valence-corrected chi connectivity index (χ4v) is 1.59. The zero-order chi connectivity index (χ0) is 12.0. The molecule has 0 atom stereocenters. The molecule has 0 aliphatic rings. The van der Waals surface area contributed by atoms with Gasteiger partial charge < -0.3 is 10.1 Å². The molecule has 0 saturated carbocycles. The van der Waals surface area contributed by atoms with E-state index in [1.807, 2.05) is 6.92 Å². The Morgan fingerprint density at radius 1 is 1.31 bits per heavy atom. The highest BCUT2D eigenvalue weighted by Crippen LogP contribution is 2.20. The van der Waals surface area contributed by atoms with Gasteiger partial charge in [0.1, 0.15) is 5.75 Å². The molecule has 1 aromatic carbocycles. The van der Waals surface area contributed by atoms with E-state index in [2.05, 4.69) is 44.3 Å². The van der Waals surface area contributed by atoms with E-state index >= 15 is 0 Å². The number of ether oxygens (including phenoxy) is 1. The third-order valence-corrected chi connectivity index (χ3v) is 2.39. The van der Waals surface area contributed by atoms with Crippen molar-refractivity contribution in [2.45, 2.75) is 34.2 Å². The second-order valence-corrected chi connectivity index (χ2v) is 4.57. The van der Waals surface area contributed by atoms with Crippen LogP contribution in [0.5, 0.6) is 5.75 Å². The Balaban J connectivity index is 2.63. The molecule has 0 bridgehead atoms. The maximum Gasteiger partial charge on any atom is 0.124 e. The SMILES string of the molecule is CCOc1cc(C)ccc1CNCC(C)C. The van der Waals surface area contributed by atoms with Gasteiger partial charge in [0.2, 0.25) is 0 Å². The van der Waals surface area contributed by atoms with Crippen molar-refractivity contribution < 1.29 is 4.74 Å². The summed E-state index contributed by atoms with van der Waals surface area (Å²) in [6.45, 7) is 11.2. The number of benzene rings is 1. The molecule has 0 unspecified atom stereocenters. The van der Waals surface area contributed by atoms with Crippen LogP contribution in [0.3, 0.4) is 0 Å². The van der Waals surface area contributed by atoms with E-state index in [9.17, 15) is 0 Å². The first-order valence-electron chi connectivity index (χ1n) is 6.06. The van der Waals surface area contributed by atoms with Crippen molar-refractivity contribution in [1.82, 2.24) is 5.32 Å². The molecule has 0 aliphatic carbocycles. The largest absolute Gasteiger partial charge is 0.494 e. The zero-order valence-corrected chi connectivity index (χ0v) is 10.8. The Bertz CT molecular complexity index is 321. The van der Waals surface area contributed by atoms with E-state index in [4.69, 9.17) is 4.74 Å². The Kier molecular flexibility index (Phi) is 5.33. The molecule has 0 amide bonds. The van der Waals surface area contributed by atoms with Crippen molar-refractivity contribution in [3.63, 3.8) is 0 Å². The molecule has 16 heavy (non-hydrogen) atoms. The van der Waals surface area contributed by atoms with Gasteiger partial charge >= 0.3 is 0 Å². The number of hydrogen-bond acceptors (Lipinski definition) is 2. The monoisotopic (exact) mass is 221 g/mol. The van der Waals surface area contributed by atoms with E-state index in [-0.39, 0.29) is 0 Å². The summed E-state index contributed by atoms with van der Waals surface area (Å²) in [4.78, 5) is 0. The summed E-state index contributed by atoms with van der Waals surface area (Å²) in [6.07, 6.45) is 0. The van der Waals surface area contributed by atoms with Crippen molar-refractivity contribution in [3.8, 4) is 5.75 Å². The van der Waals surface area contributed by atoms with E-state index in [0.29, 0.717) is 5.92 Å². The fraction of sp³-hybridized carbons (Fsp3) is 0.571. The van der Waals surface area contributed by atoms with Crippen LogP contribution < -0.4 is 10.1 Å². The minimum Gasteiger partial charge on any atom is -0.494 e. The van der Waals surface area contributed by atoms with Crippen LogP contribution in [0.25, 0.3) is 0 Å². The Morgan fingerprint density at radius 2 is 2.06 bits per heavy atom. The molecule has 90 valence electrons. The van der Waals surface area contributed by atoms with Crippen molar-refractivity contribution in [1.29, 1.82) is 0 Å². The number of hydrogen-bond donors (Lipinski definition) is 1. The molecule has 0 aromatic heterocycles. The first-order valence-corrected chi connectivity index (χ1v) is 6.06. The molecule has 0 aliphatic heterocycles. The highest BCUT2D eigenvalue weighted by molar-refractivity contribution is 5.37. The minimum absolute atomic E-state index is 0.681. The first-order chi connectivity index (χ1) is 7.63. The number of nitrogens with one attached hydrogen (secondary N) is 1. The highest BCUT2D eigenvalue weighted by atomic mass is 16.5. The van der Waals surface area contributed by atoms with Crippen LogP contribution >= 0.6 is 0 Å². The molecule has 0 spiro atoms. The topological polar surface area (TPSA) is 21.3 Å². The average Bonchev–Trinajstić information content (AvgIpc) is 2.21. The van der Waals surface area contributed by atoms with Crippen LogP contribution in [-0.2, 0) is 6.54 Å². The smallest absolute Gasteiger partial charge is 0.124 e. The lowest BCUT2D eigenvalue weighted by Crippen LogP contribution is -2.19. The molecule has 0 radical (unpaired) electrons. The summed E-state index contributed by atoms with van der Waals surface area (Å²) in [6, 6.07) is 6.39. The lowest BCUT2D eigenvalue weighted by atomic mass is 10.1. The Morgan fingerprint density at radius 3 is 2.69 bits per heavy atom. The van der Waals surface area contributed by atoms with Crippen LogP contribution in [0.15, 0.2) is 18.2 Å². The summed E-state index contributed by atoms with van der Waals surface area (Å²) in [5.74, 6) is 1.69. The molecule has 1 rings (SSSR count). The number of aryl methyl sites for hydroxylation is 1. The molecule has 1 aromatic rings. The lowest BCUT2D eigenvalue weighted by molar-refractivity contribution is 0.335. The van der Waals surface area contributed by atoms with Crippen molar-refractivity contribution in [2.24, 2.45) is 5.92 Å². The lowest BCUT2D eigenvalue weighted by Gasteiger charge is -2.13. The van der Waals surface area contributed by atoms with E-state index < -0.39 is 0 Å². The van der Waals surface area contributed by atoms with Gasteiger partial charge in [0.25, 0.3) is 0 Å². The minimum atomic E-state index is 0.681. The predicted octanol–water partition coefficient (Wildman–Crippen LogP) is 3.14. The van der Waals surface area contributed by atoms with Crippen LogP contribution in [0, 0.1) is 12.8 Å². The first kappa shape index (κ1) is 13.0. The van der Waals surface area contributed by atoms with Gasteiger partial charge in [-0.3, -0.25) is 0 Å². The highest BCUT2D eigenvalue weighted by Gasteiger charge is 2.03. The standard InChI is InChI=1S/C14H23NO/c1-5-16-14-8-12(4)6-7-13(14)10-15-9-11(2)3/h6-8,11,15H,5,9-10H2,1-4H3. The van der Waals surface area contributed by atoms with Gasteiger partial charge in [-0.05, 0) is 37.9 Å². The quantitative estimate of drug-likeness (QED) is 0.797. The second-order valence-electron chi connectivity index (χ2n) is 4.57. The molecule has 0 saturated heterocycles. The summed E-state index contributed by atoms with van der Waals surface area (Å²) < 4.78 is 5.64. The van der Waals surface area contributed by atoms with Gasteiger partial charge in [0.05, 0.1) is 6.61 Å². The van der Waals surface area contributed by atoms with Gasteiger partial charge in [0, 0.05) is 12.1 Å². The van der Waals surface area contributed by atoms with Crippen LogP contribution in [-0.4, -0.2) is 13.2 Å². The van der Waals surface area contributed by atoms with E-state index in [1.165, 1.54) is 11.1 Å². The number of rotatable bonds is 6. The zero-order valence-electron chi connectivity index (χ0n) is 10.8. The maximum absolute atomic E-state index is 5.64. The average molecular weight is 221 g/mol. The molecular weight excluding hydrogens is 198 g/mol. The summed E-state index contributed by atoms with van der Waals surface area (Å²) in [5, 5.41) is 3.44. The second kappa shape index (κ2) is 6.54. The van der Waals surface area contributed by atoms with Crippen LogP contribution in [0.2, 0.25) is 0 Å².